The molecule has 0 fully saturated rings. The van der Waals surface area contributed by atoms with Gasteiger partial charge < -0.3 is 43.3 Å². The number of carbonyl (C=O) groups excluding carboxylic acids is 4. The number of nitro benzene ring substituents is 1. The molecule has 0 bridgehead atoms. The molecule has 0 spiro atoms. The maximum absolute atomic E-state index is 12.6. The van der Waals surface area contributed by atoms with Crippen molar-refractivity contribution in [3.05, 3.63) is 34.4 Å². The van der Waals surface area contributed by atoms with E-state index < -0.39 is 17.2 Å². The van der Waals surface area contributed by atoms with Crippen LogP contribution < -0.4 is 4.74 Å². The Hall–Kier alpha value is -4.10. The Balaban J connectivity index is 0. The van der Waals surface area contributed by atoms with Crippen molar-refractivity contribution < 1.29 is 57.6 Å². The van der Waals surface area contributed by atoms with Crippen LogP contribution in [0, 0.1) is 22.0 Å². The number of nitrogens with zero attached hydrogens (tertiary/aromatic N) is 5. The van der Waals surface area contributed by atoms with E-state index in [1.54, 1.807) is 0 Å². The third-order valence-electron chi connectivity index (χ3n) is 17.8. The highest BCUT2D eigenvalue weighted by Crippen LogP contribution is 2.23. The van der Waals surface area contributed by atoms with Gasteiger partial charge in [-0.3, -0.25) is 29.5 Å². The predicted octanol–water partition coefficient (Wildman–Crippen LogP) is 19.0. The molecule has 0 aliphatic carbocycles. The van der Waals surface area contributed by atoms with Crippen molar-refractivity contribution in [2.75, 3.05) is 91.9 Å². The van der Waals surface area contributed by atoms with E-state index in [1.165, 1.54) is 94.9 Å². The molecule has 0 amide bonds. The molecule has 0 aromatic heterocycles. The number of nitro groups is 1. The van der Waals surface area contributed by atoms with Gasteiger partial charge in [0.05, 0.1) is 24.7 Å². The van der Waals surface area contributed by atoms with Gasteiger partial charge in [0.15, 0.2) is 0 Å². The largest absolute Gasteiger partial charge is 0.514 e. The molecular weight excluding hydrogens is 1190 g/mol. The predicted molar refractivity (Wildman–Crippen MR) is 387 cm³/mol. The molecule has 1 rings (SSSR count). The number of ether oxygens (including phenoxy) is 6. The maximum Gasteiger partial charge on any atom is 0.514 e. The molecule has 4 atom stereocenters. The first-order valence-electron chi connectivity index (χ1n) is 38.2. The average molecular weight is 1340 g/mol. The van der Waals surface area contributed by atoms with Crippen molar-refractivity contribution in [3.8, 4) is 5.75 Å². The lowest BCUT2D eigenvalue weighted by Gasteiger charge is -2.29. The van der Waals surface area contributed by atoms with Crippen molar-refractivity contribution >= 4 is 29.9 Å². The van der Waals surface area contributed by atoms with E-state index in [0.717, 1.165) is 149 Å². The van der Waals surface area contributed by atoms with Crippen LogP contribution in [0.5, 0.6) is 5.75 Å². The molecule has 4 unspecified atom stereocenters. The Morgan fingerprint density at radius 1 is 0.436 bits per heavy atom. The smallest absolute Gasteiger partial charge is 0.465 e. The summed E-state index contributed by atoms with van der Waals surface area (Å²) in [6.45, 7) is 42.2. The Morgan fingerprint density at radius 2 is 0.798 bits per heavy atom. The quantitative estimate of drug-likeness (QED) is 0.0161. The number of benzene rings is 1. The first-order valence-corrected chi connectivity index (χ1v) is 38.2. The van der Waals surface area contributed by atoms with Crippen LogP contribution in [0.3, 0.4) is 0 Å². The zero-order chi connectivity index (χ0) is 70.4. The molecule has 552 valence electrons. The van der Waals surface area contributed by atoms with Crippen molar-refractivity contribution in [2.24, 2.45) is 11.8 Å². The molecule has 0 radical (unpaired) electrons. The van der Waals surface area contributed by atoms with E-state index in [2.05, 4.69) is 117 Å². The summed E-state index contributed by atoms with van der Waals surface area (Å²) in [6, 6.07) is 6.18. The first kappa shape index (κ1) is 92.0. The van der Waals surface area contributed by atoms with Crippen LogP contribution in [0.25, 0.3) is 0 Å². The third kappa shape index (κ3) is 54.0. The second-order valence-electron chi connectivity index (χ2n) is 26.3. The van der Waals surface area contributed by atoms with Gasteiger partial charge in [-0.2, -0.15) is 0 Å². The van der Waals surface area contributed by atoms with E-state index in [0.29, 0.717) is 95.2 Å². The highest BCUT2D eigenvalue weighted by molar-refractivity contribution is 5.69. The average Bonchev–Trinajstić information content (AvgIpc) is 3.15. The second kappa shape index (κ2) is 64.9. The Labute approximate surface area is 575 Å². The number of aliphatic hydroxyl groups excluding tert-OH is 1. The topological polar surface area (TPSA) is 200 Å². The van der Waals surface area contributed by atoms with Gasteiger partial charge in [0, 0.05) is 76.3 Å². The summed E-state index contributed by atoms with van der Waals surface area (Å²) in [5.41, 5.74) is -0.0837. The van der Waals surface area contributed by atoms with Crippen LogP contribution >= 0.6 is 0 Å². The summed E-state index contributed by atoms with van der Waals surface area (Å²) >= 11 is 0. The molecule has 1 aromatic carbocycles. The minimum Gasteiger partial charge on any atom is -0.465 e. The number of carbonyl (C=O) groups is 4. The summed E-state index contributed by atoms with van der Waals surface area (Å²) in [7, 11) is 0. The molecule has 94 heavy (non-hydrogen) atoms. The number of rotatable bonds is 59. The fraction of sp³-hybridized carbons (Fsp3) is 0.868. The molecule has 0 saturated heterocycles. The van der Waals surface area contributed by atoms with Gasteiger partial charge in [0.2, 0.25) is 0 Å². The van der Waals surface area contributed by atoms with Crippen molar-refractivity contribution in [1.82, 2.24) is 19.6 Å². The molecular formula is C76H145N5O13. The fourth-order valence-electron chi connectivity index (χ4n) is 11.3. The van der Waals surface area contributed by atoms with Gasteiger partial charge >= 0.3 is 24.2 Å². The SMILES string of the molecule is CCCCCCC(CCCC)COC(=O)CCCC(CCCCCC)OC(=O)OCCN(CCN(CC)CC)C(C)C.CCCCCCC(CCCC)COC(=O)CCCC(CCCCCC)OC(=O)Oc1ccc([N+](=O)[O-])cc1.CCN(CC)CCN(CCO)C(C)C. The van der Waals surface area contributed by atoms with Crippen LogP contribution in [0.4, 0.5) is 15.3 Å². The highest BCUT2D eigenvalue weighted by atomic mass is 16.7. The number of aliphatic hydroxyl groups is 1. The Morgan fingerprint density at radius 3 is 1.16 bits per heavy atom. The minimum atomic E-state index is -0.844. The lowest BCUT2D eigenvalue weighted by atomic mass is 9.96. The number of hydrogen-bond acceptors (Lipinski definition) is 17. The number of unbranched alkanes of at least 4 members (excludes halogenated alkanes) is 14. The van der Waals surface area contributed by atoms with Gasteiger partial charge in [0.1, 0.15) is 24.6 Å². The molecule has 1 aromatic rings. The lowest BCUT2D eigenvalue weighted by Crippen LogP contribution is -2.40. The van der Waals surface area contributed by atoms with E-state index >= 15 is 0 Å². The molecule has 18 nitrogen and oxygen atoms in total. The standard InChI is InChI=1S/C35H70N2O5.C30H49NO7.C11H26N2O/c1-8-13-16-18-22-32(21-15-10-3)30-41-34(38)25-20-24-33(23-19-17-14-9-2)42-35(39)40-29-28-37(31(6)7)27-26-36(11-4)12-5;1-4-7-10-12-16-25(15-9-6-3)24-36-29(32)19-14-18-27(17-13-11-8-5-2)37-30(33)38-28-22-20-26(21-23-28)31(34)35;1-5-12(6-2)7-8-13(9-10-14)11(3)4/h31-33H,8-30H2,1-7H3;20-23,25,27H,4-19,24H2,1-3H3;11,14H,5-10H2,1-4H3. The Kier molecular flexibility index (Phi) is 63.5. The van der Waals surface area contributed by atoms with Crippen LogP contribution in [-0.4, -0.2) is 170 Å². The number of likely N-dealkylation sites (N-methyl/N-ethyl adjacent to an activating group) is 2. The van der Waals surface area contributed by atoms with Crippen LogP contribution in [0.2, 0.25) is 0 Å². The molecule has 0 aliphatic rings. The van der Waals surface area contributed by atoms with E-state index in [-0.39, 0.29) is 42.2 Å². The van der Waals surface area contributed by atoms with Gasteiger partial charge in [-0.15, -0.1) is 0 Å². The molecule has 18 heteroatoms. The Bertz CT molecular complexity index is 1910. The summed E-state index contributed by atoms with van der Waals surface area (Å²) in [5.74, 6) is 0.758. The van der Waals surface area contributed by atoms with Gasteiger partial charge in [-0.1, -0.05) is 185 Å². The van der Waals surface area contributed by atoms with E-state index in [4.69, 9.17) is 33.5 Å². The summed E-state index contributed by atoms with van der Waals surface area (Å²) in [6.07, 6.45) is 30.3. The molecule has 0 saturated carbocycles. The molecule has 1 N–H and O–H groups in total. The van der Waals surface area contributed by atoms with Gasteiger partial charge in [-0.05, 0) is 155 Å². The van der Waals surface area contributed by atoms with Crippen molar-refractivity contribution in [2.45, 2.75) is 327 Å². The van der Waals surface area contributed by atoms with Gasteiger partial charge in [0.25, 0.3) is 5.69 Å². The normalized spacial score (nSPS) is 12.7. The van der Waals surface area contributed by atoms with Crippen molar-refractivity contribution in [3.63, 3.8) is 0 Å². The number of hydrogen-bond donors (Lipinski definition) is 1. The lowest BCUT2D eigenvalue weighted by molar-refractivity contribution is -0.384. The third-order valence-corrected chi connectivity index (χ3v) is 17.8. The van der Waals surface area contributed by atoms with Crippen LogP contribution in [0.15, 0.2) is 24.3 Å². The summed E-state index contributed by atoms with van der Waals surface area (Å²) < 4.78 is 33.3. The highest BCUT2D eigenvalue weighted by Gasteiger charge is 2.22. The minimum absolute atomic E-state index is 0.0837. The summed E-state index contributed by atoms with van der Waals surface area (Å²) in [5, 5.41) is 19.7. The first-order chi connectivity index (χ1) is 45.3. The molecule has 0 aliphatic heterocycles. The van der Waals surface area contributed by atoms with Crippen LogP contribution in [0.1, 0.15) is 302 Å². The zero-order valence-corrected chi connectivity index (χ0v) is 62.9. The molecule has 0 heterocycles. The van der Waals surface area contributed by atoms with E-state index in [1.807, 2.05) is 0 Å². The van der Waals surface area contributed by atoms with Gasteiger partial charge in [-0.25, -0.2) is 9.59 Å². The number of esters is 2. The summed E-state index contributed by atoms with van der Waals surface area (Å²) in [4.78, 5) is 69.6. The zero-order valence-electron chi connectivity index (χ0n) is 62.9. The van der Waals surface area contributed by atoms with Crippen molar-refractivity contribution in [1.29, 1.82) is 0 Å². The second-order valence-corrected chi connectivity index (χ2v) is 26.3. The van der Waals surface area contributed by atoms with E-state index in [9.17, 15) is 29.3 Å². The van der Waals surface area contributed by atoms with Crippen LogP contribution in [-0.2, 0) is 33.3 Å². The fourth-order valence-corrected chi connectivity index (χ4v) is 11.3. The number of non-ortho nitro benzene ring substituents is 1. The maximum atomic E-state index is 12.6. The monoisotopic (exact) mass is 1340 g/mol.